The molecule has 3 rings (SSSR count). The summed E-state index contributed by atoms with van der Waals surface area (Å²) in [5.74, 6) is -0.624. The van der Waals surface area contributed by atoms with E-state index in [1.807, 2.05) is 0 Å². The van der Waals surface area contributed by atoms with Crippen molar-refractivity contribution in [3.05, 3.63) is 82.9 Å². The summed E-state index contributed by atoms with van der Waals surface area (Å²) in [5.41, 5.74) is 2.30. The van der Waals surface area contributed by atoms with Crippen LogP contribution in [0.15, 0.2) is 65.6 Å². The molecule has 0 spiro atoms. The summed E-state index contributed by atoms with van der Waals surface area (Å²) in [6.45, 7) is 5.25. The Bertz CT molecular complexity index is 1300. The van der Waals surface area contributed by atoms with Crippen molar-refractivity contribution < 1.29 is 31.1 Å². The molecule has 5 nitrogen and oxygen atoms in total. The highest BCUT2D eigenvalue weighted by molar-refractivity contribution is 7.92. The van der Waals surface area contributed by atoms with Crippen LogP contribution in [0.3, 0.4) is 0 Å². The molecule has 0 saturated heterocycles. The largest absolute Gasteiger partial charge is 0.465 e. The molecule has 0 N–H and O–H groups in total. The average molecular weight is 492 g/mol. The molecule has 0 fully saturated rings. The Balaban J connectivity index is 1.96. The number of alkyl halides is 3. The summed E-state index contributed by atoms with van der Waals surface area (Å²) in [5, 5.41) is 0. The van der Waals surface area contributed by atoms with E-state index in [9.17, 15) is 26.4 Å². The first-order valence-corrected chi connectivity index (χ1v) is 11.8. The predicted molar refractivity (Wildman–Crippen MR) is 124 cm³/mol. The normalized spacial score (nSPS) is 11.9. The molecule has 0 heterocycles. The van der Waals surface area contributed by atoms with Crippen molar-refractivity contribution >= 4 is 21.7 Å². The highest BCUT2D eigenvalue weighted by Crippen LogP contribution is 2.32. The van der Waals surface area contributed by atoms with Gasteiger partial charge in [-0.3, -0.25) is 4.31 Å². The molecule has 0 aromatic heterocycles. The zero-order valence-electron chi connectivity index (χ0n) is 19.1. The number of aryl methyl sites for hydroxylation is 1. The first-order valence-electron chi connectivity index (χ1n) is 10.4. The van der Waals surface area contributed by atoms with Crippen LogP contribution in [0.25, 0.3) is 11.1 Å². The average Bonchev–Trinajstić information content (AvgIpc) is 2.80. The Labute approximate surface area is 196 Å². The SMILES string of the molecule is CCN(c1ccc(-c2ccc(C(F)(F)F)cc2)cc1)S(=O)(=O)c1cc(C)c(C)c(C(=O)OC)c1. The zero-order chi connectivity index (χ0) is 25.3. The van der Waals surface area contributed by atoms with Crippen LogP contribution in [0, 0.1) is 13.8 Å². The number of benzene rings is 3. The van der Waals surface area contributed by atoms with Crippen LogP contribution in [0.2, 0.25) is 0 Å². The number of rotatable bonds is 6. The molecular weight excluding hydrogens is 467 g/mol. The van der Waals surface area contributed by atoms with Gasteiger partial charge in [0.25, 0.3) is 10.0 Å². The fourth-order valence-corrected chi connectivity index (χ4v) is 5.17. The van der Waals surface area contributed by atoms with E-state index in [4.69, 9.17) is 4.74 Å². The number of ether oxygens (including phenoxy) is 1. The molecule has 180 valence electrons. The minimum absolute atomic E-state index is 0.0373. The van der Waals surface area contributed by atoms with E-state index in [0.717, 1.165) is 12.1 Å². The number of methoxy groups -OCH3 is 1. The lowest BCUT2D eigenvalue weighted by Gasteiger charge is -2.24. The van der Waals surface area contributed by atoms with Crippen molar-refractivity contribution in [2.75, 3.05) is 18.0 Å². The molecule has 9 heteroatoms. The molecule has 0 aliphatic heterocycles. The van der Waals surface area contributed by atoms with Crippen LogP contribution >= 0.6 is 0 Å². The maximum absolute atomic E-state index is 13.4. The maximum atomic E-state index is 13.4. The van der Waals surface area contributed by atoms with Crippen molar-refractivity contribution in [1.29, 1.82) is 0 Å². The number of esters is 1. The van der Waals surface area contributed by atoms with Gasteiger partial charge in [-0.15, -0.1) is 0 Å². The number of nitrogens with zero attached hydrogens (tertiary/aromatic N) is 1. The number of carbonyl (C=O) groups excluding carboxylic acids is 1. The number of sulfonamides is 1. The lowest BCUT2D eigenvalue weighted by atomic mass is 10.0. The van der Waals surface area contributed by atoms with E-state index in [1.165, 1.54) is 35.7 Å². The Morgan fingerprint density at radius 3 is 1.94 bits per heavy atom. The van der Waals surface area contributed by atoms with Gasteiger partial charge >= 0.3 is 12.1 Å². The van der Waals surface area contributed by atoms with Gasteiger partial charge in [0.1, 0.15) is 0 Å². The van der Waals surface area contributed by atoms with Gasteiger partial charge in [0.2, 0.25) is 0 Å². The lowest BCUT2D eigenvalue weighted by Crippen LogP contribution is -2.31. The van der Waals surface area contributed by atoms with Crippen molar-refractivity contribution in [1.82, 2.24) is 0 Å². The van der Waals surface area contributed by atoms with Gasteiger partial charge in [0.15, 0.2) is 0 Å². The van der Waals surface area contributed by atoms with Crippen molar-refractivity contribution in [3.63, 3.8) is 0 Å². The molecule has 34 heavy (non-hydrogen) atoms. The van der Waals surface area contributed by atoms with Crippen LogP contribution in [0.5, 0.6) is 0 Å². The predicted octanol–water partition coefficient (Wildman–Crippen LogP) is 5.99. The minimum Gasteiger partial charge on any atom is -0.465 e. The van der Waals surface area contributed by atoms with Gasteiger partial charge in [0, 0.05) is 6.54 Å². The third kappa shape index (κ3) is 4.94. The van der Waals surface area contributed by atoms with Crippen molar-refractivity contribution in [2.24, 2.45) is 0 Å². The number of hydrogen-bond acceptors (Lipinski definition) is 4. The smallest absolute Gasteiger partial charge is 0.416 e. The van der Waals surface area contributed by atoms with E-state index in [-0.39, 0.29) is 17.0 Å². The Morgan fingerprint density at radius 2 is 1.47 bits per heavy atom. The fraction of sp³-hybridized carbons (Fsp3) is 0.240. The highest BCUT2D eigenvalue weighted by Gasteiger charge is 2.30. The van der Waals surface area contributed by atoms with Crippen LogP contribution in [-0.2, 0) is 20.9 Å². The monoisotopic (exact) mass is 491 g/mol. The standard InChI is InChI=1S/C25H24F3NO4S/c1-5-29(34(31,32)22-14-16(2)17(3)23(15-22)24(30)33-4)21-12-8-19(9-13-21)18-6-10-20(11-7-18)25(26,27)28/h6-15H,5H2,1-4H3. The summed E-state index contributed by atoms with van der Waals surface area (Å²) in [7, 11) is -2.78. The second-order valence-electron chi connectivity index (χ2n) is 7.70. The second kappa shape index (κ2) is 9.50. The highest BCUT2D eigenvalue weighted by atomic mass is 32.2. The third-order valence-corrected chi connectivity index (χ3v) is 7.50. The van der Waals surface area contributed by atoms with Gasteiger partial charge in [-0.05, 0) is 79.4 Å². The molecule has 0 radical (unpaired) electrons. The van der Waals surface area contributed by atoms with E-state index < -0.39 is 27.7 Å². The lowest BCUT2D eigenvalue weighted by molar-refractivity contribution is -0.137. The Morgan fingerprint density at radius 1 is 0.941 bits per heavy atom. The van der Waals surface area contributed by atoms with Crippen LogP contribution < -0.4 is 4.31 Å². The molecule has 0 aliphatic carbocycles. The van der Waals surface area contributed by atoms with Gasteiger partial charge in [-0.1, -0.05) is 24.3 Å². The van der Waals surface area contributed by atoms with Gasteiger partial charge in [-0.25, -0.2) is 13.2 Å². The van der Waals surface area contributed by atoms with Crippen molar-refractivity contribution in [3.8, 4) is 11.1 Å². The molecule has 3 aromatic rings. The van der Waals surface area contributed by atoms with Gasteiger partial charge in [-0.2, -0.15) is 13.2 Å². The molecule has 0 atom stereocenters. The Kier molecular flexibility index (Phi) is 7.07. The second-order valence-corrected chi connectivity index (χ2v) is 9.56. The van der Waals surface area contributed by atoms with Gasteiger partial charge in [0.05, 0.1) is 28.8 Å². The summed E-state index contributed by atoms with van der Waals surface area (Å²) >= 11 is 0. The number of anilines is 1. The van der Waals surface area contributed by atoms with Gasteiger partial charge < -0.3 is 4.74 Å². The summed E-state index contributed by atoms with van der Waals surface area (Å²) in [6, 6.07) is 14.1. The van der Waals surface area contributed by atoms with E-state index in [1.54, 1.807) is 45.0 Å². The number of halogens is 3. The summed E-state index contributed by atoms with van der Waals surface area (Å²) < 4.78 is 71.3. The fourth-order valence-electron chi connectivity index (χ4n) is 3.59. The van der Waals surface area contributed by atoms with E-state index in [0.29, 0.717) is 27.9 Å². The van der Waals surface area contributed by atoms with Crippen LogP contribution in [0.1, 0.15) is 34.0 Å². The van der Waals surface area contributed by atoms with E-state index >= 15 is 0 Å². The molecule has 0 saturated carbocycles. The minimum atomic E-state index is -4.42. The molecule has 0 bridgehead atoms. The van der Waals surface area contributed by atoms with Crippen LogP contribution in [0.4, 0.5) is 18.9 Å². The molecule has 0 aliphatic rings. The maximum Gasteiger partial charge on any atom is 0.416 e. The summed E-state index contributed by atoms with van der Waals surface area (Å²) in [4.78, 5) is 12.1. The van der Waals surface area contributed by atoms with Crippen LogP contribution in [-0.4, -0.2) is 28.0 Å². The molecule has 0 amide bonds. The summed E-state index contributed by atoms with van der Waals surface area (Å²) in [6.07, 6.45) is -4.42. The number of hydrogen-bond donors (Lipinski definition) is 0. The number of carbonyl (C=O) groups is 1. The molecular formula is C25H24F3NO4S. The van der Waals surface area contributed by atoms with Crippen molar-refractivity contribution in [2.45, 2.75) is 31.8 Å². The molecule has 3 aromatic carbocycles. The third-order valence-electron chi connectivity index (χ3n) is 5.62. The quantitative estimate of drug-likeness (QED) is 0.397. The zero-order valence-corrected chi connectivity index (χ0v) is 19.9. The first-order chi connectivity index (χ1) is 15.9. The Hall–Kier alpha value is -3.33. The van der Waals surface area contributed by atoms with E-state index in [2.05, 4.69) is 0 Å². The molecule has 0 unspecified atom stereocenters. The first kappa shape index (κ1) is 25.3. The topological polar surface area (TPSA) is 63.7 Å².